The van der Waals surface area contributed by atoms with E-state index < -0.39 is 21.1 Å². The van der Waals surface area contributed by atoms with Crippen LogP contribution in [0.25, 0.3) is 0 Å². The molecule has 1 saturated heterocycles. The molecule has 1 aliphatic carbocycles. The molecule has 0 bridgehead atoms. The van der Waals surface area contributed by atoms with Gasteiger partial charge in [0.2, 0.25) is 0 Å². The summed E-state index contributed by atoms with van der Waals surface area (Å²) in [6, 6.07) is 0. The quantitative estimate of drug-likeness (QED) is 0.313. The Balaban J connectivity index is 2.01. The lowest BCUT2D eigenvalue weighted by Gasteiger charge is -2.27. The van der Waals surface area contributed by atoms with Crippen LogP contribution in [-0.2, 0) is 18.5 Å². The summed E-state index contributed by atoms with van der Waals surface area (Å²) in [6.45, 7) is 5.69. The highest BCUT2D eigenvalue weighted by Crippen LogP contribution is 2.46. The van der Waals surface area contributed by atoms with Crippen LogP contribution in [0.1, 0.15) is 51.9 Å². The molecule has 8 heteroatoms. The number of carbonyl (C=O) groups is 1. The summed E-state index contributed by atoms with van der Waals surface area (Å²) >= 11 is 0. The lowest BCUT2D eigenvalue weighted by Crippen LogP contribution is -2.39. The number of unbranched alkanes of at least 4 members (excludes halogenated alkanes) is 1. The van der Waals surface area contributed by atoms with Crippen molar-refractivity contribution in [3.8, 4) is 0 Å². The zero-order valence-electron chi connectivity index (χ0n) is 15.3. The minimum absolute atomic E-state index is 0.0615. The maximum atomic E-state index is 14.6. The zero-order chi connectivity index (χ0) is 18.6. The minimum Gasteiger partial charge on any atom is -0.462 e. The molecule has 144 valence electrons. The van der Waals surface area contributed by atoms with Gasteiger partial charge in [0, 0.05) is 28.2 Å². The molecule has 2 fully saturated rings. The van der Waals surface area contributed by atoms with E-state index in [1.165, 1.54) is 0 Å². The monoisotopic (exact) mass is 395 g/mol. The third-order valence-corrected chi connectivity index (χ3v) is 6.41. The number of halogens is 2. The molecule has 5 unspecified atom stereocenters. The fraction of sp³-hybridized carbons (Fsp3) is 0.941. The van der Waals surface area contributed by atoms with E-state index in [0.717, 1.165) is 6.42 Å². The average molecular weight is 395 g/mol. The molecule has 0 aromatic carbocycles. The van der Waals surface area contributed by atoms with E-state index in [4.69, 9.17) is 13.7 Å². The SMILES string of the molecule is CCCCC(F)(F)C(CC[C@H]1C(OP)CC2OC(=O)CC21)O[Si+](C)C. The fourth-order valence-corrected chi connectivity index (χ4v) is 5.24. The highest BCUT2D eigenvalue weighted by atomic mass is 31.0. The maximum absolute atomic E-state index is 14.6. The second-order valence-corrected chi connectivity index (χ2v) is 9.75. The zero-order valence-corrected chi connectivity index (χ0v) is 17.5. The van der Waals surface area contributed by atoms with Crippen molar-refractivity contribution >= 4 is 24.5 Å². The van der Waals surface area contributed by atoms with Crippen LogP contribution in [0.5, 0.6) is 0 Å². The average Bonchev–Trinajstić information content (AvgIpc) is 3.04. The molecule has 0 aromatic heterocycles. The van der Waals surface area contributed by atoms with Gasteiger partial charge in [-0.2, -0.15) is 0 Å². The van der Waals surface area contributed by atoms with Crippen molar-refractivity contribution in [1.82, 2.24) is 0 Å². The first-order chi connectivity index (χ1) is 11.8. The number of ether oxygens (including phenoxy) is 1. The van der Waals surface area contributed by atoms with E-state index in [9.17, 15) is 13.6 Å². The van der Waals surface area contributed by atoms with E-state index in [0.29, 0.717) is 32.1 Å². The van der Waals surface area contributed by atoms with Gasteiger partial charge in [-0.25, -0.2) is 13.2 Å². The third-order valence-electron chi connectivity index (χ3n) is 5.30. The van der Waals surface area contributed by atoms with Gasteiger partial charge in [-0.1, -0.05) is 13.3 Å². The Bertz CT molecular complexity index is 452. The third kappa shape index (κ3) is 5.44. The second-order valence-electron chi connectivity index (χ2n) is 7.43. The molecule has 6 atom stereocenters. The molecule has 1 heterocycles. The van der Waals surface area contributed by atoms with Crippen molar-refractivity contribution in [3.05, 3.63) is 0 Å². The van der Waals surface area contributed by atoms with Crippen molar-refractivity contribution in [3.63, 3.8) is 0 Å². The molecular weight excluding hydrogens is 365 g/mol. The van der Waals surface area contributed by atoms with Crippen molar-refractivity contribution < 1.29 is 27.3 Å². The van der Waals surface area contributed by atoms with Crippen LogP contribution in [0, 0.1) is 11.8 Å². The Morgan fingerprint density at radius 1 is 1.44 bits per heavy atom. The van der Waals surface area contributed by atoms with E-state index in [1.807, 2.05) is 20.0 Å². The minimum atomic E-state index is -2.81. The molecule has 2 rings (SSSR count). The summed E-state index contributed by atoms with van der Waals surface area (Å²) < 4.78 is 45.7. The Morgan fingerprint density at radius 3 is 2.76 bits per heavy atom. The molecule has 1 saturated carbocycles. The summed E-state index contributed by atoms with van der Waals surface area (Å²) in [4.78, 5) is 11.5. The van der Waals surface area contributed by atoms with Crippen LogP contribution >= 0.6 is 9.47 Å². The normalized spacial score (nSPS) is 30.2. The lowest BCUT2D eigenvalue weighted by atomic mass is 9.86. The molecule has 0 amide bonds. The van der Waals surface area contributed by atoms with E-state index in [2.05, 4.69) is 9.47 Å². The summed E-state index contributed by atoms with van der Waals surface area (Å²) in [5.41, 5.74) is 0. The van der Waals surface area contributed by atoms with Crippen LogP contribution in [0.3, 0.4) is 0 Å². The van der Waals surface area contributed by atoms with E-state index >= 15 is 0 Å². The first kappa shape index (κ1) is 21.2. The van der Waals surface area contributed by atoms with Gasteiger partial charge in [-0.05, 0) is 25.2 Å². The number of rotatable bonds is 10. The fourth-order valence-electron chi connectivity index (χ4n) is 4.07. The standard InChI is InChI=1S/C17H30F2O4PSi/c1-4-5-8-17(18,19)15(23-25(2)3)7-6-11-12-9-16(20)21-13(12)10-14(11)22-24/h11-15H,4-10,24H2,1-3H3/q+1/t11-,12?,13?,14?,15?/m1/s1. The highest BCUT2D eigenvalue weighted by Gasteiger charge is 2.51. The van der Waals surface area contributed by atoms with Crippen molar-refractivity contribution in [2.45, 2.75) is 89.2 Å². The predicted molar refractivity (Wildman–Crippen MR) is 96.7 cm³/mol. The number of hydrogen-bond acceptors (Lipinski definition) is 4. The van der Waals surface area contributed by atoms with Gasteiger partial charge in [0.25, 0.3) is 5.92 Å². The van der Waals surface area contributed by atoms with Gasteiger partial charge in [0.15, 0.2) is 6.10 Å². The van der Waals surface area contributed by atoms with Gasteiger partial charge in [0.1, 0.15) is 6.10 Å². The topological polar surface area (TPSA) is 44.8 Å². The Kier molecular flexibility index (Phi) is 7.80. The van der Waals surface area contributed by atoms with Gasteiger partial charge in [-0.15, -0.1) is 0 Å². The Labute approximate surface area is 153 Å². The van der Waals surface area contributed by atoms with Crippen LogP contribution < -0.4 is 0 Å². The smallest absolute Gasteiger partial charge is 0.462 e. The number of hydrogen-bond donors (Lipinski definition) is 0. The van der Waals surface area contributed by atoms with E-state index in [-0.39, 0.29) is 36.4 Å². The predicted octanol–water partition coefficient (Wildman–Crippen LogP) is 4.36. The summed E-state index contributed by atoms with van der Waals surface area (Å²) in [5.74, 6) is -2.85. The Morgan fingerprint density at radius 2 is 2.16 bits per heavy atom. The largest absolute Gasteiger partial charge is 0.467 e. The molecule has 4 nitrogen and oxygen atoms in total. The number of esters is 1. The summed E-state index contributed by atoms with van der Waals surface area (Å²) in [6.07, 6.45) is 1.75. The molecule has 0 spiro atoms. The summed E-state index contributed by atoms with van der Waals surface area (Å²) in [7, 11) is 1.04. The van der Waals surface area contributed by atoms with Gasteiger partial charge in [0.05, 0.1) is 25.6 Å². The van der Waals surface area contributed by atoms with Crippen LogP contribution in [0.4, 0.5) is 8.78 Å². The molecule has 0 radical (unpaired) electrons. The van der Waals surface area contributed by atoms with Crippen LogP contribution in [0.15, 0.2) is 0 Å². The first-order valence-electron chi connectivity index (χ1n) is 9.18. The van der Waals surface area contributed by atoms with Gasteiger partial charge < -0.3 is 9.26 Å². The van der Waals surface area contributed by atoms with Crippen molar-refractivity contribution in [1.29, 1.82) is 0 Å². The first-order valence-corrected chi connectivity index (χ1v) is 12.1. The number of carbonyl (C=O) groups excluding carboxylic acids is 1. The van der Waals surface area contributed by atoms with Gasteiger partial charge in [-0.3, -0.25) is 4.79 Å². The number of alkyl halides is 2. The molecule has 0 N–H and O–H groups in total. The maximum Gasteiger partial charge on any atom is 0.467 e. The molecule has 25 heavy (non-hydrogen) atoms. The summed E-state index contributed by atoms with van der Waals surface area (Å²) in [5, 5.41) is 0. The van der Waals surface area contributed by atoms with Gasteiger partial charge >= 0.3 is 15.0 Å². The Hall–Kier alpha value is -0.103. The second kappa shape index (κ2) is 9.20. The van der Waals surface area contributed by atoms with Crippen molar-refractivity contribution in [2.24, 2.45) is 11.8 Å². The molecule has 0 aromatic rings. The highest BCUT2D eigenvalue weighted by molar-refractivity contribution is 7.09. The number of fused-ring (bicyclic) bond motifs is 1. The molecular formula is C17H30F2O4PSi+. The van der Waals surface area contributed by atoms with E-state index in [1.54, 1.807) is 0 Å². The van der Waals surface area contributed by atoms with Crippen LogP contribution in [0.2, 0.25) is 13.1 Å². The van der Waals surface area contributed by atoms with Crippen molar-refractivity contribution in [2.75, 3.05) is 0 Å². The van der Waals surface area contributed by atoms with Crippen LogP contribution in [-0.4, -0.2) is 39.2 Å². The lowest BCUT2D eigenvalue weighted by molar-refractivity contribution is -0.141. The molecule has 2 aliphatic rings. The molecule has 1 aliphatic heterocycles.